The van der Waals surface area contributed by atoms with Gasteiger partial charge in [-0.2, -0.15) is 0 Å². The smallest absolute Gasteiger partial charge is 0.230 e. The molecule has 4 rings (SSSR count). The molecule has 1 atom stereocenters. The Kier molecular flexibility index (Phi) is 6.52. The van der Waals surface area contributed by atoms with Gasteiger partial charge in [0.2, 0.25) is 5.91 Å². The summed E-state index contributed by atoms with van der Waals surface area (Å²) in [5, 5.41) is 3.33. The number of carbonyl (C=O) groups is 1. The Labute approximate surface area is 181 Å². The topological polar surface area (TPSA) is 29.1 Å². The summed E-state index contributed by atoms with van der Waals surface area (Å²) < 4.78 is 0. The fourth-order valence-corrected chi connectivity index (χ4v) is 5.15. The first-order valence-corrected chi connectivity index (χ1v) is 11.5. The molecular weight excluding hydrogens is 366 g/mol. The number of nitrogens with one attached hydrogen (secondary N) is 1. The van der Waals surface area contributed by atoms with E-state index in [1.54, 1.807) is 0 Å². The second kappa shape index (κ2) is 9.47. The molecule has 2 nitrogen and oxygen atoms in total. The number of carbonyl (C=O) groups excluding carboxylic acids is 1. The summed E-state index contributed by atoms with van der Waals surface area (Å²) in [7, 11) is 0. The van der Waals surface area contributed by atoms with Crippen LogP contribution in [0, 0.1) is 5.92 Å². The molecule has 2 aromatic rings. The van der Waals surface area contributed by atoms with Crippen molar-refractivity contribution in [3.63, 3.8) is 0 Å². The summed E-state index contributed by atoms with van der Waals surface area (Å²) in [4.78, 5) is 13.6. The molecule has 2 aliphatic carbocycles. The molecule has 2 heteroatoms. The maximum atomic E-state index is 13.6. The molecule has 1 fully saturated rings. The maximum absolute atomic E-state index is 13.6. The summed E-state index contributed by atoms with van der Waals surface area (Å²) in [6.07, 6.45) is 12.2. The summed E-state index contributed by atoms with van der Waals surface area (Å²) in [5.74, 6) is 0.683. The molecule has 1 amide bonds. The van der Waals surface area contributed by atoms with E-state index >= 15 is 0 Å². The van der Waals surface area contributed by atoms with Crippen molar-refractivity contribution < 1.29 is 4.79 Å². The van der Waals surface area contributed by atoms with E-state index in [1.165, 1.54) is 35.1 Å². The standard InChI is InChI=1S/C28H33NO/c1-22-18-23(20-25(19-22)24-12-6-4-7-13-24)21-29-27(30)28(16-10-2-3-11-17-28)26-14-8-5-9-15-26/h4-9,12-15,18,20,22H,2-3,10-11,16-17,19,21H2,1H3,(H,29,30). The summed E-state index contributed by atoms with van der Waals surface area (Å²) >= 11 is 0. The van der Waals surface area contributed by atoms with Gasteiger partial charge in [0.25, 0.3) is 0 Å². The molecule has 30 heavy (non-hydrogen) atoms. The Morgan fingerprint density at radius 1 is 0.933 bits per heavy atom. The van der Waals surface area contributed by atoms with E-state index < -0.39 is 0 Å². The molecule has 0 aliphatic heterocycles. The zero-order valence-corrected chi connectivity index (χ0v) is 18.1. The molecule has 1 saturated carbocycles. The average Bonchev–Trinajstić information content (AvgIpc) is 3.05. The van der Waals surface area contributed by atoms with E-state index in [0.29, 0.717) is 12.5 Å². The SMILES string of the molecule is CC1C=C(CNC(=O)C2(c3ccccc3)CCCCCC2)C=C(c2ccccc2)C1. The van der Waals surface area contributed by atoms with E-state index in [9.17, 15) is 4.79 Å². The van der Waals surface area contributed by atoms with Crippen molar-refractivity contribution in [2.75, 3.05) is 6.54 Å². The van der Waals surface area contributed by atoms with Crippen LogP contribution in [0.3, 0.4) is 0 Å². The summed E-state index contributed by atoms with van der Waals surface area (Å²) in [6.45, 7) is 2.86. The Hall–Kier alpha value is -2.61. The minimum atomic E-state index is -0.384. The minimum Gasteiger partial charge on any atom is -0.351 e. The first kappa shape index (κ1) is 20.7. The molecular formula is C28H33NO. The van der Waals surface area contributed by atoms with Crippen LogP contribution in [0.25, 0.3) is 5.57 Å². The number of amides is 1. The Bertz CT molecular complexity index is 902. The van der Waals surface area contributed by atoms with Crippen LogP contribution in [-0.2, 0) is 10.2 Å². The number of hydrogen-bond acceptors (Lipinski definition) is 1. The van der Waals surface area contributed by atoms with E-state index in [0.717, 1.165) is 32.1 Å². The van der Waals surface area contributed by atoms with Gasteiger partial charge in [0.05, 0.1) is 5.41 Å². The highest BCUT2D eigenvalue weighted by molar-refractivity contribution is 5.88. The normalized spacial score (nSPS) is 21.2. The minimum absolute atomic E-state index is 0.199. The molecule has 0 bridgehead atoms. The van der Waals surface area contributed by atoms with Crippen LogP contribution in [0.4, 0.5) is 0 Å². The fourth-order valence-electron chi connectivity index (χ4n) is 5.15. The van der Waals surface area contributed by atoms with Crippen molar-refractivity contribution in [2.24, 2.45) is 5.92 Å². The summed E-state index contributed by atoms with van der Waals surface area (Å²) in [6, 6.07) is 21.0. The van der Waals surface area contributed by atoms with Gasteiger partial charge in [-0.3, -0.25) is 4.79 Å². The lowest BCUT2D eigenvalue weighted by molar-refractivity contribution is -0.127. The Morgan fingerprint density at radius 3 is 2.23 bits per heavy atom. The molecule has 0 saturated heterocycles. The monoisotopic (exact) mass is 399 g/mol. The van der Waals surface area contributed by atoms with Gasteiger partial charge in [0, 0.05) is 6.54 Å². The lowest BCUT2D eigenvalue weighted by atomic mass is 9.73. The average molecular weight is 400 g/mol. The van der Waals surface area contributed by atoms with Crippen molar-refractivity contribution in [1.29, 1.82) is 0 Å². The fraction of sp³-hybridized carbons (Fsp3) is 0.393. The van der Waals surface area contributed by atoms with E-state index in [2.05, 4.69) is 79.0 Å². The van der Waals surface area contributed by atoms with Crippen LogP contribution in [0.5, 0.6) is 0 Å². The zero-order chi connectivity index (χ0) is 20.8. The van der Waals surface area contributed by atoms with Gasteiger partial charge in [-0.25, -0.2) is 0 Å². The molecule has 1 unspecified atom stereocenters. The van der Waals surface area contributed by atoms with Crippen LogP contribution >= 0.6 is 0 Å². The molecule has 1 N–H and O–H groups in total. The highest BCUT2D eigenvalue weighted by atomic mass is 16.2. The predicted molar refractivity (Wildman–Crippen MR) is 125 cm³/mol. The molecule has 2 aliphatic rings. The van der Waals surface area contributed by atoms with Crippen LogP contribution in [-0.4, -0.2) is 12.5 Å². The molecule has 156 valence electrons. The third-order valence-electron chi connectivity index (χ3n) is 6.72. The lowest BCUT2D eigenvalue weighted by Crippen LogP contribution is -2.45. The molecule has 0 spiro atoms. The third-order valence-corrected chi connectivity index (χ3v) is 6.72. The van der Waals surface area contributed by atoms with Crippen molar-refractivity contribution in [2.45, 2.75) is 57.3 Å². The van der Waals surface area contributed by atoms with Crippen LogP contribution < -0.4 is 5.32 Å². The second-order valence-corrected chi connectivity index (χ2v) is 9.00. The Morgan fingerprint density at radius 2 is 1.57 bits per heavy atom. The van der Waals surface area contributed by atoms with Crippen molar-refractivity contribution >= 4 is 11.5 Å². The number of allylic oxidation sites excluding steroid dienone is 2. The van der Waals surface area contributed by atoms with Gasteiger partial charge in [-0.1, -0.05) is 105 Å². The van der Waals surface area contributed by atoms with Gasteiger partial charge in [-0.05, 0) is 47.5 Å². The Balaban J connectivity index is 1.52. The zero-order valence-electron chi connectivity index (χ0n) is 18.1. The number of hydrogen-bond donors (Lipinski definition) is 1. The predicted octanol–water partition coefficient (Wildman–Crippen LogP) is 6.44. The molecule has 0 radical (unpaired) electrons. The van der Waals surface area contributed by atoms with Crippen LogP contribution in [0.15, 0.2) is 78.4 Å². The highest BCUT2D eigenvalue weighted by Crippen LogP contribution is 2.39. The largest absolute Gasteiger partial charge is 0.351 e. The van der Waals surface area contributed by atoms with E-state index in [4.69, 9.17) is 0 Å². The third kappa shape index (κ3) is 4.59. The first-order valence-electron chi connectivity index (χ1n) is 11.5. The van der Waals surface area contributed by atoms with Gasteiger partial charge in [0.1, 0.15) is 0 Å². The van der Waals surface area contributed by atoms with Gasteiger partial charge < -0.3 is 5.32 Å². The first-order chi connectivity index (χ1) is 14.7. The molecule has 2 aromatic carbocycles. The molecule has 0 heterocycles. The summed E-state index contributed by atoms with van der Waals surface area (Å²) in [5.41, 5.74) is 4.66. The second-order valence-electron chi connectivity index (χ2n) is 9.00. The quantitative estimate of drug-likeness (QED) is 0.576. The van der Waals surface area contributed by atoms with Crippen molar-refractivity contribution in [3.8, 4) is 0 Å². The van der Waals surface area contributed by atoms with Crippen molar-refractivity contribution in [1.82, 2.24) is 5.32 Å². The van der Waals surface area contributed by atoms with Gasteiger partial charge in [0.15, 0.2) is 0 Å². The van der Waals surface area contributed by atoms with Crippen molar-refractivity contribution in [3.05, 3.63) is 89.5 Å². The number of rotatable bonds is 5. The van der Waals surface area contributed by atoms with E-state index in [-0.39, 0.29) is 11.3 Å². The van der Waals surface area contributed by atoms with E-state index in [1.807, 2.05) is 6.07 Å². The maximum Gasteiger partial charge on any atom is 0.230 e. The van der Waals surface area contributed by atoms with Gasteiger partial charge in [-0.15, -0.1) is 0 Å². The number of benzene rings is 2. The highest BCUT2D eigenvalue weighted by Gasteiger charge is 2.39. The lowest BCUT2D eigenvalue weighted by Gasteiger charge is -2.32. The molecule has 0 aromatic heterocycles. The van der Waals surface area contributed by atoms with Gasteiger partial charge >= 0.3 is 0 Å². The van der Waals surface area contributed by atoms with Crippen LogP contribution in [0.1, 0.15) is 63.0 Å². The van der Waals surface area contributed by atoms with Crippen LogP contribution in [0.2, 0.25) is 0 Å².